The van der Waals surface area contributed by atoms with Crippen LogP contribution in [0.5, 0.6) is 11.5 Å². The molecule has 29 heavy (non-hydrogen) atoms. The molecule has 0 aromatic heterocycles. The van der Waals surface area contributed by atoms with Crippen LogP contribution in [0, 0.1) is 6.92 Å². The molecule has 0 radical (unpaired) electrons. The van der Waals surface area contributed by atoms with E-state index in [-0.39, 0.29) is 0 Å². The number of hydrogen-bond donors (Lipinski definition) is 0. The minimum Gasteiger partial charge on any atom is -0.462 e. The second-order valence-electron chi connectivity index (χ2n) is 5.57. The van der Waals surface area contributed by atoms with E-state index in [0.29, 0.717) is 11.5 Å². The Morgan fingerprint density at radius 1 is 0.759 bits per heavy atom. The summed E-state index contributed by atoms with van der Waals surface area (Å²) in [5.41, 5.74) is 2.90. The van der Waals surface area contributed by atoms with E-state index in [1.165, 1.54) is 12.5 Å². The van der Waals surface area contributed by atoms with Crippen LogP contribution in [-0.4, -0.2) is 11.9 Å². The summed E-state index contributed by atoms with van der Waals surface area (Å²) in [4.78, 5) is 21.9. The van der Waals surface area contributed by atoms with Gasteiger partial charge in [0, 0.05) is 12.2 Å². The Hall–Kier alpha value is -4.06. The molecule has 0 fully saturated rings. The van der Waals surface area contributed by atoms with E-state index in [9.17, 15) is 9.59 Å². The predicted molar refractivity (Wildman–Crippen MR) is 109 cm³/mol. The van der Waals surface area contributed by atoms with Crippen molar-refractivity contribution in [3.05, 3.63) is 98.4 Å². The van der Waals surface area contributed by atoms with E-state index < -0.39 is 11.9 Å². The number of rotatable bonds is 9. The van der Waals surface area contributed by atoms with Crippen molar-refractivity contribution >= 4 is 11.9 Å². The summed E-state index contributed by atoms with van der Waals surface area (Å²) in [6, 6.07) is 13.1. The van der Waals surface area contributed by atoms with Gasteiger partial charge < -0.3 is 18.9 Å². The van der Waals surface area contributed by atoms with E-state index in [2.05, 4.69) is 17.9 Å². The van der Waals surface area contributed by atoms with Gasteiger partial charge in [0.05, 0.1) is 0 Å². The van der Waals surface area contributed by atoms with Crippen LogP contribution in [0.1, 0.15) is 5.56 Å². The molecular formula is C23H20O6. The van der Waals surface area contributed by atoms with Gasteiger partial charge in [-0.05, 0) is 47.9 Å². The summed E-state index contributed by atoms with van der Waals surface area (Å²) in [5.74, 6) is 0.114. The first kappa shape index (κ1) is 21.2. The number of esters is 2. The zero-order valence-electron chi connectivity index (χ0n) is 15.9. The lowest BCUT2D eigenvalue weighted by molar-refractivity contribution is -0.133. The van der Waals surface area contributed by atoms with Crippen molar-refractivity contribution in [1.29, 1.82) is 0 Å². The zero-order chi connectivity index (χ0) is 21.1. The molecule has 0 heterocycles. The van der Waals surface area contributed by atoms with Crippen LogP contribution >= 0.6 is 0 Å². The van der Waals surface area contributed by atoms with Gasteiger partial charge in [0.15, 0.2) is 0 Å². The van der Waals surface area contributed by atoms with Gasteiger partial charge in [0.2, 0.25) is 0 Å². The van der Waals surface area contributed by atoms with Gasteiger partial charge in [-0.2, -0.15) is 0 Å². The lowest BCUT2D eigenvalue weighted by atomic mass is 10.0. The summed E-state index contributed by atoms with van der Waals surface area (Å²) in [6.07, 6.45) is 6.98. The van der Waals surface area contributed by atoms with Crippen LogP contribution in [0.15, 0.2) is 92.8 Å². The molecule has 0 N–H and O–H groups in total. The SMILES string of the molecule is C=CC(=O)OC=COc1ccc(-c2ccc(OC=COC(=O)C=C)c(C)c2)cc1. The van der Waals surface area contributed by atoms with Crippen LogP contribution in [0.4, 0.5) is 0 Å². The van der Waals surface area contributed by atoms with Crippen molar-refractivity contribution < 1.29 is 28.5 Å². The average molecular weight is 392 g/mol. The Morgan fingerprint density at radius 3 is 1.86 bits per heavy atom. The summed E-state index contributed by atoms with van der Waals surface area (Å²) in [5, 5.41) is 0. The molecule has 2 aromatic carbocycles. The lowest BCUT2D eigenvalue weighted by Crippen LogP contribution is -1.94. The Balaban J connectivity index is 1.97. The van der Waals surface area contributed by atoms with Crippen molar-refractivity contribution in [1.82, 2.24) is 0 Å². The van der Waals surface area contributed by atoms with Crippen LogP contribution in [-0.2, 0) is 19.1 Å². The molecule has 0 saturated heterocycles. The third kappa shape index (κ3) is 6.88. The predicted octanol–water partition coefficient (Wildman–Crippen LogP) is 4.82. The largest absolute Gasteiger partial charge is 0.462 e. The summed E-state index contributed by atoms with van der Waals surface area (Å²) in [7, 11) is 0. The highest BCUT2D eigenvalue weighted by Gasteiger charge is 2.04. The molecule has 6 heteroatoms. The molecule has 0 bridgehead atoms. The average Bonchev–Trinajstić information content (AvgIpc) is 2.75. The number of carbonyl (C=O) groups excluding carboxylic acids is 2. The van der Waals surface area contributed by atoms with E-state index in [4.69, 9.17) is 14.2 Å². The summed E-state index contributed by atoms with van der Waals surface area (Å²) < 4.78 is 20.2. The van der Waals surface area contributed by atoms with Crippen LogP contribution in [0.3, 0.4) is 0 Å². The molecule has 0 spiro atoms. The van der Waals surface area contributed by atoms with Gasteiger partial charge in [-0.1, -0.05) is 31.4 Å². The van der Waals surface area contributed by atoms with E-state index in [1.54, 1.807) is 12.1 Å². The van der Waals surface area contributed by atoms with Gasteiger partial charge in [0.25, 0.3) is 0 Å². The minimum atomic E-state index is -0.559. The van der Waals surface area contributed by atoms with E-state index in [1.807, 2.05) is 37.3 Å². The van der Waals surface area contributed by atoms with Crippen molar-refractivity contribution in [2.24, 2.45) is 0 Å². The Kier molecular flexibility index (Phi) is 8.01. The molecule has 0 saturated carbocycles. The summed E-state index contributed by atoms with van der Waals surface area (Å²) in [6.45, 7) is 8.51. The minimum absolute atomic E-state index is 0.558. The normalized spacial score (nSPS) is 10.5. The molecule has 6 nitrogen and oxygen atoms in total. The third-order valence-electron chi connectivity index (χ3n) is 3.57. The fourth-order valence-corrected chi connectivity index (χ4v) is 2.18. The molecule has 2 rings (SSSR count). The quantitative estimate of drug-likeness (QED) is 0.346. The third-order valence-corrected chi connectivity index (χ3v) is 3.57. The number of aryl methyl sites for hydroxylation is 1. The first-order valence-corrected chi connectivity index (χ1v) is 8.54. The maximum atomic E-state index is 10.9. The second-order valence-corrected chi connectivity index (χ2v) is 5.57. The van der Waals surface area contributed by atoms with Crippen LogP contribution in [0.2, 0.25) is 0 Å². The number of hydrogen-bond acceptors (Lipinski definition) is 6. The monoisotopic (exact) mass is 392 g/mol. The van der Waals surface area contributed by atoms with Gasteiger partial charge in [0.1, 0.15) is 36.5 Å². The number of carbonyl (C=O) groups is 2. The first-order chi connectivity index (χ1) is 14.0. The molecule has 0 unspecified atom stereocenters. The number of ether oxygens (including phenoxy) is 4. The van der Waals surface area contributed by atoms with E-state index >= 15 is 0 Å². The van der Waals surface area contributed by atoms with Crippen LogP contribution < -0.4 is 9.47 Å². The van der Waals surface area contributed by atoms with Gasteiger partial charge >= 0.3 is 11.9 Å². The lowest BCUT2D eigenvalue weighted by Gasteiger charge is -2.08. The van der Waals surface area contributed by atoms with E-state index in [0.717, 1.165) is 41.4 Å². The highest BCUT2D eigenvalue weighted by atomic mass is 16.5. The van der Waals surface area contributed by atoms with Gasteiger partial charge in [-0.25, -0.2) is 9.59 Å². The smallest absolute Gasteiger partial charge is 0.335 e. The molecule has 0 aliphatic rings. The van der Waals surface area contributed by atoms with Crippen molar-refractivity contribution in [3.8, 4) is 22.6 Å². The fourth-order valence-electron chi connectivity index (χ4n) is 2.18. The molecular weight excluding hydrogens is 372 g/mol. The Bertz CT molecular complexity index is 938. The standard InChI is InChI=1S/C23H20O6/c1-4-22(24)28-14-12-26-20-9-6-18(7-10-20)19-8-11-21(17(3)16-19)27-13-15-29-23(25)5-2/h4-16H,1-2H2,3H3. The Labute approximate surface area is 169 Å². The molecule has 0 aliphatic carbocycles. The molecule has 148 valence electrons. The Morgan fingerprint density at radius 2 is 1.31 bits per heavy atom. The first-order valence-electron chi connectivity index (χ1n) is 8.54. The zero-order valence-corrected chi connectivity index (χ0v) is 15.9. The van der Waals surface area contributed by atoms with Crippen molar-refractivity contribution in [3.63, 3.8) is 0 Å². The molecule has 2 aromatic rings. The highest BCUT2D eigenvalue weighted by Crippen LogP contribution is 2.27. The van der Waals surface area contributed by atoms with Crippen LogP contribution in [0.25, 0.3) is 11.1 Å². The number of benzene rings is 2. The highest BCUT2D eigenvalue weighted by molar-refractivity contribution is 5.82. The molecule has 0 amide bonds. The second kappa shape index (κ2) is 10.9. The summed E-state index contributed by atoms with van der Waals surface area (Å²) >= 11 is 0. The maximum absolute atomic E-state index is 10.9. The van der Waals surface area contributed by atoms with Gasteiger partial charge in [-0.15, -0.1) is 0 Å². The topological polar surface area (TPSA) is 71.1 Å². The fraction of sp³-hybridized carbons (Fsp3) is 0.0435. The molecule has 0 aliphatic heterocycles. The van der Waals surface area contributed by atoms with Gasteiger partial charge in [-0.3, -0.25) is 0 Å². The van der Waals surface area contributed by atoms with Crippen molar-refractivity contribution in [2.75, 3.05) is 0 Å². The molecule has 0 atom stereocenters. The maximum Gasteiger partial charge on any atom is 0.335 e. The van der Waals surface area contributed by atoms with Crippen molar-refractivity contribution in [2.45, 2.75) is 6.92 Å².